The molecule has 0 aromatic heterocycles. The lowest BCUT2D eigenvalue weighted by Gasteiger charge is -2.43. The van der Waals surface area contributed by atoms with Gasteiger partial charge in [-0.1, -0.05) is 12.1 Å². The minimum Gasteiger partial charge on any atom is -0.508 e. The molecule has 0 unspecified atom stereocenters. The molecular weight excluding hydrogens is 365 g/mol. The van der Waals surface area contributed by atoms with Gasteiger partial charge in [-0.25, -0.2) is 4.39 Å². The Balaban J connectivity index is 1.91. The highest BCUT2D eigenvalue weighted by atomic mass is 19.1. The van der Waals surface area contributed by atoms with Crippen LogP contribution in [-0.4, -0.2) is 51.3 Å². The summed E-state index contributed by atoms with van der Waals surface area (Å²) >= 11 is 0. The van der Waals surface area contributed by atoms with Gasteiger partial charge in [0.1, 0.15) is 17.0 Å². The molecule has 1 aliphatic rings. The lowest BCUT2D eigenvalue weighted by molar-refractivity contribution is -0.161. The van der Waals surface area contributed by atoms with Crippen molar-refractivity contribution in [3.63, 3.8) is 0 Å². The van der Waals surface area contributed by atoms with Crippen molar-refractivity contribution < 1.29 is 29.3 Å². The molecule has 0 aliphatic carbocycles. The van der Waals surface area contributed by atoms with Crippen LogP contribution in [0.1, 0.15) is 27.9 Å². The van der Waals surface area contributed by atoms with Crippen LogP contribution >= 0.6 is 0 Å². The second kappa shape index (κ2) is 7.59. The zero-order valence-electron chi connectivity index (χ0n) is 15.4. The normalized spacial score (nSPS) is 22.1. The molecule has 3 rings (SSSR count). The molecular formula is C21H22FNO5. The van der Waals surface area contributed by atoms with Crippen molar-refractivity contribution in [3.05, 3.63) is 65.0 Å². The highest BCUT2D eigenvalue weighted by molar-refractivity contribution is 5.96. The van der Waals surface area contributed by atoms with E-state index in [0.29, 0.717) is 16.7 Å². The number of benzene rings is 2. The smallest absolute Gasteiger partial charge is 0.314 e. The first kappa shape index (κ1) is 19.8. The number of aromatic hydroxyl groups is 1. The predicted octanol–water partition coefficient (Wildman–Crippen LogP) is 2.36. The van der Waals surface area contributed by atoms with Crippen LogP contribution in [0.2, 0.25) is 0 Å². The largest absolute Gasteiger partial charge is 0.508 e. The molecule has 1 amide bonds. The summed E-state index contributed by atoms with van der Waals surface area (Å²) in [7, 11) is 0. The fourth-order valence-corrected chi connectivity index (χ4v) is 3.74. The minimum absolute atomic E-state index is 0.0257. The van der Waals surface area contributed by atoms with Crippen LogP contribution in [0.15, 0.2) is 42.5 Å². The number of piperidine rings is 1. The molecule has 1 heterocycles. The number of hydrogen-bond acceptors (Lipinski definition) is 4. The number of carbonyl (C=O) groups is 2. The maximum Gasteiger partial charge on any atom is 0.314 e. The monoisotopic (exact) mass is 387 g/mol. The molecule has 0 saturated carbocycles. The summed E-state index contributed by atoms with van der Waals surface area (Å²) in [6, 6.07) is 9.82. The molecule has 2 aromatic rings. The molecule has 1 saturated heterocycles. The van der Waals surface area contributed by atoms with E-state index in [-0.39, 0.29) is 37.6 Å². The summed E-state index contributed by atoms with van der Waals surface area (Å²) in [5.74, 6) is -1.95. The van der Waals surface area contributed by atoms with Gasteiger partial charge in [-0.2, -0.15) is 0 Å². The minimum atomic E-state index is -1.59. The van der Waals surface area contributed by atoms with Gasteiger partial charge in [0.15, 0.2) is 0 Å². The number of rotatable bonds is 4. The summed E-state index contributed by atoms with van der Waals surface area (Å²) in [5, 5.41) is 30.0. The quantitative estimate of drug-likeness (QED) is 0.748. The van der Waals surface area contributed by atoms with Crippen LogP contribution in [0.25, 0.3) is 0 Å². The van der Waals surface area contributed by atoms with Crippen molar-refractivity contribution in [1.82, 2.24) is 4.90 Å². The second-order valence-corrected chi connectivity index (χ2v) is 7.29. The van der Waals surface area contributed by atoms with Gasteiger partial charge in [0.05, 0.1) is 6.10 Å². The third-order valence-corrected chi connectivity index (χ3v) is 5.37. The number of aliphatic carboxylic acids is 1. The Labute approximate surface area is 161 Å². The van der Waals surface area contributed by atoms with Crippen molar-refractivity contribution in [2.45, 2.75) is 25.9 Å². The van der Waals surface area contributed by atoms with E-state index in [0.717, 1.165) is 0 Å². The average Bonchev–Trinajstić information content (AvgIpc) is 2.64. The van der Waals surface area contributed by atoms with Crippen molar-refractivity contribution in [3.8, 4) is 5.75 Å². The number of aryl methyl sites for hydroxylation is 1. The zero-order chi connectivity index (χ0) is 20.5. The molecule has 6 nitrogen and oxygen atoms in total. The van der Waals surface area contributed by atoms with E-state index < -0.39 is 23.3 Å². The number of aliphatic hydroxyl groups is 1. The van der Waals surface area contributed by atoms with E-state index in [4.69, 9.17) is 0 Å². The van der Waals surface area contributed by atoms with E-state index in [2.05, 4.69) is 0 Å². The Hall–Kier alpha value is -2.93. The van der Waals surface area contributed by atoms with Crippen LogP contribution < -0.4 is 0 Å². The third kappa shape index (κ3) is 3.71. The summed E-state index contributed by atoms with van der Waals surface area (Å²) in [4.78, 5) is 26.6. The topological polar surface area (TPSA) is 98.1 Å². The Bertz CT molecular complexity index is 898. The van der Waals surface area contributed by atoms with Crippen LogP contribution in [0.5, 0.6) is 5.75 Å². The van der Waals surface area contributed by atoms with E-state index in [1.807, 2.05) is 0 Å². The molecule has 148 valence electrons. The van der Waals surface area contributed by atoms with Gasteiger partial charge in [0.25, 0.3) is 5.91 Å². The van der Waals surface area contributed by atoms with Crippen LogP contribution in [-0.2, 0) is 11.2 Å². The van der Waals surface area contributed by atoms with Crippen molar-refractivity contribution >= 4 is 11.9 Å². The molecule has 0 spiro atoms. The van der Waals surface area contributed by atoms with Gasteiger partial charge >= 0.3 is 5.97 Å². The van der Waals surface area contributed by atoms with Crippen molar-refractivity contribution in [1.29, 1.82) is 0 Å². The number of carbonyl (C=O) groups excluding carboxylic acids is 1. The summed E-state index contributed by atoms with van der Waals surface area (Å²) in [5.41, 5.74) is -0.0693. The first-order valence-electron chi connectivity index (χ1n) is 8.98. The number of amides is 1. The van der Waals surface area contributed by atoms with Gasteiger partial charge in [-0.05, 0) is 61.2 Å². The number of hydrogen-bond donors (Lipinski definition) is 3. The Morgan fingerprint density at radius 3 is 2.50 bits per heavy atom. The van der Waals surface area contributed by atoms with E-state index in [9.17, 15) is 29.3 Å². The molecule has 3 N–H and O–H groups in total. The maximum atomic E-state index is 13.2. The number of phenolic OH excluding ortho intramolecular Hbond substituents is 1. The lowest BCUT2D eigenvalue weighted by atomic mass is 9.72. The van der Waals surface area contributed by atoms with Gasteiger partial charge in [-0.3, -0.25) is 9.59 Å². The van der Waals surface area contributed by atoms with Gasteiger partial charge in [-0.15, -0.1) is 0 Å². The van der Waals surface area contributed by atoms with E-state index >= 15 is 0 Å². The van der Waals surface area contributed by atoms with E-state index in [1.54, 1.807) is 6.92 Å². The van der Waals surface area contributed by atoms with Crippen molar-refractivity contribution in [2.75, 3.05) is 13.1 Å². The first-order valence-corrected chi connectivity index (χ1v) is 8.98. The SMILES string of the molecule is Cc1cc(O)ccc1C(=O)N1CC[C@H](O)[C@](Cc2ccc(F)cc2)(C(=O)O)C1. The van der Waals surface area contributed by atoms with Gasteiger partial charge < -0.3 is 20.2 Å². The molecule has 0 radical (unpaired) electrons. The number of nitrogens with zero attached hydrogens (tertiary/aromatic N) is 1. The molecule has 2 atom stereocenters. The fourth-order valence-electron chi connectivity index (χ4n) is 3.74. The standard InChI is InChI=1S/C21H22FNO5/c1-13-10-16(24)6-7-17(13)19(26)23-9-8-18(25)21(12-23,20(27)28)11-14-2-4-15(22)5-3-14/h2-7,10,18,24-25H,8-9,11-12H2,1H3,(H,27,28)/t18-,21+/m0/s1. The Morgan fingerprint density at radius 1 is 1.21 bits per heavy atom. The predicted molar refractivity (Wildman–Crippen MR) is 99.5 cm³/mol. The lowest BCUT2D eigenvalue weighted by Crippen LogP contribution is -2.58. The second-order valence-electron chi connectivity index (χ2n) is 7.29. The molecule has 28 heavy (non-hydrogen) atoms. The van der Waals surface area contributed by atoms with E-state index in [1.165, 1.54) is 47.4 Å². The molecule has 1 fully saturated rings. The fraction of sp³-hybridized carbons (Fsp3) is 0.333. The Kier molecular flexibility index (Phi) is 5.38. The molecule has 2 aromatic carbocycles. The number of likely N-dealkylation sites (tertiary alicyclic amines) is 1. The number of phenols is 1. The summed E-state index contributed by atoms with van der Waals surface area (Å²) in [6.45, 7) is 1.74. The number of halogens is 1. The third-order valence-electron chi connectivity index (χ3n) is 5.37. The average molecular weight is 387 g/mol. The zero-order valence-corrected chi connectivity index (χ0v) is 15.4. The van der Waals surface area contributed by atoms with Gasteiger partial charge in [0.2, 0.25) is 0 Å². The maximum absolute atomic E-state index is 13.2. The van der Waals surface area contributed by atoms with Crippen LogP contribution in [0.4, 0.5) is 4.39 Å². The summed E-state index contributed by atoms with van der Waals surface area (Å²) in [6.07, 6.45) is -1.04. The number of carboxylic acid groups (broad SMARTS) is 1. The first-order chi connectivity index (χ1) is 13.2. The molecule has 0 bridgehead atoms. The van der Waals surface area contributed by atoms with Crippen LogP contribution in [0.3, 0.4) is 0 Å². The molecule has 7 heteroatoms. The summed E-state index contributed by atoms with van der Waals surface area (Å²) < 4.78 is 13.2. The Morgan fingerprint density at radius 2 is 1.89 bits per heavy atom. The number of aliphatic hydroxyl groups excluding tert-OH is 1. The number of carboxylic acids is 1. The van der Waals surface area contributed by atoms with Crippen molar-refractivity contribution in [2.24, 2.45) is 5.41 Å². The van der Waals surface area contributed by atoms with Crippen LogP contribution in [0, 0.1) is 18.2 Å². The van der Waals surface area contributed by atoms with Gasteiger partial charge in [0, 0.05) is 18.7 Å². The molecule has 1 aliphatic heterocycles. The highest BCUT2D eigenvalue weighted by Crippen LogP contribution is 2.35. The highest BCUT2D eigenvalue weighted by Gasteiger charge is 2.50.